The summed E-state index contributed by atoms with van der Waals surface area (Å²) in [5, 5.41) is 12.6. The quantitative estimate of drug-likeness (QED) is 0.713. The molecule has 1 saturated carbocycles. The Labute approximate surface area is 85.9 Å². The maximum Gasteiger partial charge on any atom is 0.323 e. The van der Waals surface area contributed by atoms with Crippen molar-refractivity contribution in [1.29, 1.82) is 0 Å². The van der Waals surface area contributed by atoms with Gasteiger partial charge in [0.1, 0.15) is 5.54 Å². The summed E-state index contributed by atoms with van der Waals surface area (Å²) >= 11 is 0. The number of carbonyl (C=O) groups is 1. The number of hydrogen-bond donors (Lipinski definition) is 2. The zero-order valence-electron chi connectivity index (χ0n) is 9.18. The number of rotatable bonds is 5. The topological polar surface area (TPSA) is 49.3 Å². The van der Waals surface area contributed by atoms with Gasteiger partial charge in [0.15, 0.2) is 0 Å². The Hall–Kier alpha value is -0.570. The first-order chi connectivity index (χ1) is 6.64. The molecule has 0 amide bonds. The third kappa shape index (κ3) is 2.27. The molecule has 0 atom stereocenters. The van der Waals surface area contributed by atoms with E-state index >= 15 is 0 Å². The van der Waals surface area contributed by atoms with E-state index in [1.807, 2.05) is 0 Å². The fraction of sp³-hybridized carbons (Fsp3) is 0.909. The van der Waals surface area contributed by atoms with Gasteiger partial charge in [-0.05, 0) is 25.7 Å². The van der Waals surface area contributed by atoms with Crippen molar-refractivity contribution in [3.63, 3.8) is 0 Å². The van der Waals surface area contributed by atoms with Crippen LogP contribution in [0.3, 0.4) is 0 Å². The monoisotopic (exact) mass is 199 g/mol. The highest BCUT2D eigenvalue weighted by atomic mass is 16.4. The number of nitrogens with one attached hydrogen (secondary N) is 1. The van der Waals surface area contributed by atoms with Crippen LogP contribution >= 0.6 is 0 Å². The van der Waals surface area contributed by atoms with Crippen LogP contribution in [-0.4, -0.2) is 22.7 Å². The van der Waals surface area contributed by atoms with Gasteiger partial charge >= 0.3 is 5.97 Å². The first-order valence-corrected chi connectivity index (χ1v) is 5.65. The maximum absolute atomic E-state index is 11.2. The van der Waals surface area contributed by atoms with E-state index in [-0.39, 0.29) is 0 Å². The van der Waals surface area contributed by atoms with Gasteiger partial charge in [-0.1, -0.05) is 26.7 Å². The zero-order chi connectivity index (χ0) is 10.6. The standard InChI is InChI=1S/C11H21NO2/c1-3-9(4-2)12-11(10(13)14)7-5-6-8-11/h9,12H,3-8H2,1-2H3,(H,13,14). The summed E-state index contributed by atoms with van der Waals surface area (Å²) in [4.78, 5) is 11.2. The maximum atomic E-state index is 11.2. The molecule has 3 nitrogen and oxygen atoms in total. The Bertz CT molecular complexity index is 193. The molecule has 1 fully saturated rings. The highest BCUT2D eigenvalue weighted by molar-refractivity contribution is 5.79. The predicted octanol–water partition coefficient (Wildman–Crippen LogP) is 2.16. The molecule has 1 aliphatic carbocycles. The minimum atomic E-state index is -0.665. The van der Waals surface area contributed by atoms with Crippen molar-refractivity contribution >= 4 is 5.97 Å². The molecule has 1 aliphatic rings. The molecule has 82 valence electrons. The lowest BCUT2D eigenvalue weighted by atomic mass is 9.95. The molecular formula is C11H21NO2. The van der Waals surface area contributed by atoms with E-state index in [4.69, 9.17) is 0 Å². The Morgan fingerprint density at radius 1 is 1.36 bits per heavy atom. The summed E-state index contributed by atoms with van der Waals surface area (Å²) in [6, 6.07) is 0.351. The highest BCUT2D eigenvalue weighted by Gasteiger charge is 2.41. The zero-order valence-corrected chi connectivity index (χ0v) is 9.18. The van der Waals surface area contributed by atoms with Crippen LogP contribution < -0.4 is 5.32 Å². The van der Waals surface area contributed by atoms with Gasteiger partial charge in [0.25, 0.3) is 0 Å². The van der Waals surface area contributed by atoms with Crippen LogP contribution in [0.25, 0.3) is 0 Å². The van der Waals surface area contributed by atoms with Crippen molar-refractivity contribution in [2.24, 2.45) is 0 Å². The third-order valence-electron chi connectivity index (χ3n) is 3.33. The molecule has 0 aromatic carbocycles. The third-order valence-corrected chi connectivity index (χ3v) is 3.33. The molecular weight excluding hydrogens is 178 g/mol. The van der Waals surface area contributed by atoms with Gasteiger partial charge in [-0.25, -0.2) is 0 Å². The van der Waals surface area contributed by atoms with Crippen molar-refractivity contribution in [1.82, 2.24) is 5.32 Å². The second kappa shape index (κ2) is 4.78. The van der Waals surface area contributed by atoms with E-state index in [9.17, 15) is 9.90 Å². The van der Waals surface area contributed by atoms with Gasteiger partial charge < -0.3 is 5.11 Å². The predicted molar refractivity (Wildman–Crippen MR) is 56.3 cm³/mol. The van der Waals surface area contributed by atoms with Gasteiger partial charge in [-0.2, -0.15) is 0 Å². The highest BCUT2D eigenvalue weighted by Crippen LogP contribution is 2.30. The van der Waals surface area contributed by atoms with E-state index in [2.05, 4.69) is 19.2 Å². The minimum Gasteiger partial charge on any atom is -0.480 e. The molecule has 0 radical (unpaired) electrons. The summed E-state index contributed by atoms with van der Waals surface area (Å²) in [7, 11) is 0. The Morgan fingerprint density at radius 3 is 2.21 bits per heavy atom. The SMILES string of the molecule is CCC(CC)NC1(C(=O)O)CCCC1. The first-order valence-electron chi connectivity index (χ1n) is 5.65. The van der Waals surface area contributed by atoms with Crippen LogP contribution in [0.5, 0.6) is 0 Å². The number of carboxylic acids is 1. The molecule has 0 spiro atoms. The van der Waals surface area contributed by atoms with E-state index in [0.29, 0.717) is 6.04 Å². The molecule has 0 heterocycles. The van der Waals surface area contributed by atoms with Crippen LogP contribution in [0.1, 0.15) is 52.4 Å². The molecule has 0 aromatic rings. The van der Waals surface area contributed by atoms with Gasteiger partial charge in [0.05, 0.1) is 0 Å². The molecule has 0 unspecified atom stereocenters. The minimum absolute atomic E-state index is 0.351. The van der Waals surface area contributed by atoms with Crippen molar-refractivity contribution in [3.05, 3.63) is 0 Å². The summed E-state index contributed by atoms with van der Waals surface area (Å²) in [5.41, 5.74) is -0.614. The molecule has 1 rings (SSSR count). The largest absolute Gasteiger partial charge is 0.480 e. The fourth-order valence-electron chi connectivity index (χ4n) is 2.28. The number of carboxylic acid groups (broad SMARTS) is 1. The number of hydrogen-bond acceptors (Lipinski definition) is 2. The molecule has 3 heteroatoms. The van der Waals surface area contributed by atoms with Crippen LogP contribution in [0, 0.1) is 0 Å². The Kier molecular flexibility index (Phi) is 3.93. The molecule has 0 aromatic heterocycles. The smallest absolute Gasteiger partial charge is 0.323 e. The van der Waals surface area contributed by atoms with Gasteiger partial charge in [-0.15, -0.1) is 0 Å². The lowest BCUT2D eigenvalue weighted by Gasteiger charge is -2.30. The first kappa shape index (κ1) is 11.5. The normalized spacial score (nSPS) is 20.2. The van der Waals surface area contributed by atoms with Crippen molar-refractivity contribution in [3.8, 4) is 0 Å². The van der Waals surface area contributed by atoms with Gasteiger partial charge in [0, 0.05) is 6.04 Å². The van der Waals surface area contributed by atoms with Gasteiger partial charge in [-0.3, -0.25) is 10.1 Å². The van der Waals surface area contributed by atoms with Crippen LogP contribution in [0.4, 0.5) is 0 Å². The molecule has 0 bridgehead atoms. The Balaban J connectivity index is 2.64. The summed E-state index contributed by atoms with van der Waals surface area (Å²) < 4.78 is 0. The van der Waals surface area contributed by atoms with Crippen LogP contribution in [-0.2, 0) is 4.79 Å². The average molecular weight is 199 g/mol. The molecule has 0 aliphatic heterocycles. The van der Waals surface area contributed by atoms with E-state index in [1.54, 1.807) is 0 Å². The number of aliphatic carboxylic acids is 1. The molecule has 2 N–H and O–H groups in total. The van der Waals surface area contributed by atoms with E-state index in [1.165, 1.54) is 0 Å². The Morgan fingerprint density at radius 2 is 1.86 bits per heavy atom. The average Bonchev–Trinajstić information content (AvgIpc) is 2.64. The van der Waals surface area contributed by atoms with Gasteiger partial charge in [0.2, 0.25) is 0 Å². The summed E-state index contributed by atoms with van der Waals surface area (Å²) in [6.45, 7) is 4.21. The second-order valence-electron chi connectivity index (χ2n) is 4.25. The fourth-order valence-corrected chi connectivity index (χ4v) is 2.28. The lowest BCUT2D eigenvalue weighted by molar-refractivity contribution is -0.145. The lowest BCUT2D eigenvalue weighted by Crippen LogP contribution is -2.53. The van der Waals surface area contributed by atoms with Crippen LogP contribution in [0.15, 0.2) is 0 Å². The van der Waals surface area contributed by atoms with E-state index in [0.717, 1.165) is 38.5 Å². The van der Waals surface area contributed by atoms with Crippen molar-refractivity contribution in [2.75, 3.05) is 0 Å². The van der Waals surface area contributed by atoms with Crippen LogP contribution in [0.2, 0.25) is 0 Å². The van der Waals surface area contributed by atoms with E-state index < -0.39 is 11.5 Å². The van der Waals surface area contributed by atoms with Crippen molar-refractivity contribution in [2.45, 2.75) is 64.0 Å². The molecule has 14 heavy (non-hydrogen) atoms. The summed E-state index contributed by atoms with van der Waals surface area (Å²) in [5.74, 6) is -0.665. The van der Waals surface area contributed by atoms with Crippen molar-refractivity contribution < 1.29 is 9.90 Å². The molecule has 0 saturated heterocycles. The summed E-state index contributed by atoms with van der Waals surface area (Å²) in [6.07, 6.45) is 5.67. The second-order valence-corrected chi connectivity index (χ2v) is 4.25.